The predicted octanol–water partition coefficient (Wildman–Crippen LogP) is 4.52. The zero-order chi connectivity index (χ0) is 13.1. The van der Waals surface area contributed by atoms with Crippen molar-refractivity contribution in [3.8, 4) is 0 Å². The molecule has 1 saturated carbocycles. The van der Waals surface area contributed by atoms with Crippen LogP contribution in [0.3, 0.4) is 0 Å². The minimum atomic E-state index is 0.0157. The summed E-state index contributed by atoms with van der Waals surface area (Å²) >= 11 is 6.83. The molecule has 0 spiro atoms. The highest BCUT2D eigenvalue weighted by Gasteiger charge is 2.23. The Balaban J connectivity index is 2.09. The van der Waals surface area contributed by atoms with Crippen LogP contribution in [0.15, 0.2) is 27.1 Å². The van der Waals surface area contributed by atoms with Crippen LogP contribution in [0.4, 0.5) is 0 Å². The summed E-state index contributed by atoms with van der Waals surface area (Å²) < 4.78 is 1.76. The second-order valence-electron chi connectivity index (χ2n) is 4.97. The number of benzene rings is 1. The van der Waals surface area contributed by atoms with Crippen LogP contribution < -0.4 is 5.32 Å². The van der Waals surface area contributed by atoms with Gasteiger partial charge in [0.2, 0.25) is 0 Å². The molecule has 0 aliphatic heterocycles. The molecule has 2 nitrogen and oxygen atoms in total. The van der Waals surface area contributed by atoms with Crippen molar-refractivity contribution in [2.45, 2.75) is 38.6 Å². The van der Waals surface area contributed by atoms with Gasteiger partial charge in [-0.3, -0.25) is 4.79 Å². The summed E-state index contributed by atoms with van der Waals surface area (Å²) in [5.41, 5.74) is 0.696. The summed E-state index contributed by atoms with van der Waals surface area (Å²) in [7, 11) is 0. The number of nitrogens with one attached hydrogen (secondary N) is 1. The molecule has 1 aromatic rings. The highest BCUT2D eigenvalue weighted by atomic mass is 79.9. The van der Waals surface area contributed by atoms with Gasteiger partial charge in [-0.2, -0.15) is 0 Å². The van der Waals surface area contributed by atoms with Gasteiger partial charge in [0.25, 0.3) is 5.91 Å². The average molecular weight is 375 g/mol. The first-order valence-electron chi connectivity index (χ1n) is 6.34. The molecule has 1 N–H and O–H groups in total. The van der Waals surface area contributed by atoms with Crippen LogP contribution >= 0.6 is 31.9 Å². The fourth-order valence-electron chi connectivity index (χ4n) is 2.45. The van der Waals surface area contributed by atoms with E-state index < -0.39 is 0 Å². The molecule has 0 heterocycles. The van der Waals surface area contributed by atoms with Crippen molar-refractivity contribution in [1.82, 2.24) is 5.32 Å². The van der Waals surface area contributed by atoms with Crippen molar-refractivity contribution in [2.75, 3.05) is 0 Å². The van der Waals surface area contributed by atoms with Crippen LogP contribution in [0.2, 0.25) is 0 Å². The van der Waals surface area contributed by atoms with E-state index in [-0.39, 0.29) is 5.91 Å². The zero-order valence-electron chi connectivity index (χ0n) is 10.4. The van der Waals surface area contributed by atoms with Gasteiger partial charge in [0, 0.05) is 15.0 Å². The second kappa shape index (κ2) is 6.20. The van der Waals surface area contributed by atoms with Crippen molar-refractivity contribution < 1.29 is 4.79 Å². The first-order chi connectivity index (χ1) is 8.58. The Morgan fingerprint density at radius 1 is 1.28 bits per heavy atom. The average Bonchev–Trinajstić information content (AvgIpc) is 2.35. The zero-order valence-corrected chi connectivity index (χ0v) is 13.6. The maximum atomic E-state index is 12.3. The number of halogens is 2. The fraction of sp³-hybridized carbons (Fsp3) is 0.500. The predicted molar refractivity (Wildman–Crippen MR) is 80.7 cm³/mol. The van der Waals surface area contributed by atoms with Gasteiger partial charge in [0.15, 0.2) is 0 Å². The van der Waals surface area contributed by atoms with Gasteiger partial charge in [0.05, 0.1) is 5.56 Å². The Hall–Kier alpha value is -0.350. The van der Waals surface area contributed by atoms with Gasteiger partial charge in [-0.25, -0.2) is 0 Å². The summed E-state index contributed by atoms with van der Waals surface area (Å²) in [6, 6.07) is 5.98. The van der Waals surface area contributed by atoms with E-state index in [0.717, 1.165) is 15.4 Å². The maximum absolute atomic E-state index is 12.3. The SMILES string of the molecule is CC1CCCCC1NC(=O)c1cc(Br)ccc1Br. The number of carbonyl (C=O) groups excluding carboxylic acids is 1. The third-order valence-electron chi connectivity index (χ3n) is 3.60. The third kappa shape index (κ3) is 3.35. The molecule has 2 atom stereocenters. The lowest BCUT2D eigenvalue weighted by molar-refractivity contribution is 0.0909. The molecule has 1 aliphatic carbocycles. The van der Waals surface area contributed by atoms with Crippen molar-refractivity contribution in [3.63, 3.8) is 0 Å². The first-order valence-corrected chi connectivity index (χ1v) is 7.92. The maximum Gasteiger partial charge on any atom is 0.252 e. The molecule has 2 rings (SSSR count). The molecule has 4 heteroatoms. The highest BCUT2D eigenvalue weighted by molar-refractivity contribution is 9.11. The van der Waals surface area contributed by atoms with Crippen molar-refractivity contribution in [1.29, 1.82) is 0 Å². The van der Waals surface area contributed by atoms with E-state index in [9.17, 15) is 4.79 Å². The van der Waals surface area contributed by atoms with Crippen LogP contribution in [0.5, 0.6) is 0 Å². The Kier molecular flexibility index (Phi) is 4.84. The molecule has 18 heavy (non-hydrogen) atoms. The normalized spacial score (nSPS) is 23.7. The topological polar surface area (TPSA) is 29.1 Å². The number of carbonyl (C=O) groups is 1. The molecular formula is C14H17Br2NO. The number of hydrogen-bond donors (Lipinski definition) is 1. The summed E-state index contributed by atoms with van der Waals surface area (Å²) in [5.74, 6) is 0.593. The molecule has 0 bridgehead atoms. The molecule has 1 amide bonds. The summed E-state index contributed by atoms with van der Waals surface area (Å²) in [6.07, 6.45) is 4.81. The quantitative estimate of drug-likeness (QED) is 0.809. The molecular weight excluding hydrogens is 358 g/mol. The van der Waals surface area contributed by atoms with Crippen molar-refractivity contribution in [3.05, 3.63) is 32.7 Å². The molecule has 98 valence electrons. The molecule has 0 aromatic heterocycles. The Bertz CT molecular complexity index is 447. The highest BCUT2D eigenvalue weighted by Crippen LogP contribution is 2.25. The smallest absolute Gasteiger partial charge is 0.252 e. The van der Waals surface area contributed by atoms with Crippen LogP contribution in [-0.2, 0) is 0 Å². The summed E-state index contributed by atoms with van der Waals surface area (Å²) in [4.78, 5) is 12.3. The molecule has 1 fully saturated rings. The molecule has 0 saturated heterocycles. The Morgan fingerprint density at radius 2 is 2.00 bits per heavy atom. The number of amides is 1. The lowest BCUT2D eigenvalue weighted by Gasteiger charge is -2.29. The van der Waals surface area contributed by atoms with Gasteiger partial charge < -0.3 is 5.32 Å². The van der Waals surface area contributed by atoms with Crippen LogP contribution in [0.25, 0.3) is 0 Å². The minimum absolute atomic E-state index is 0.0157. The lowest BCUT2D eigenvalue weighted by Crippen LogP contribution is -2.41. The van der Waals surface area contributed by atoms with Crippen molar-refractivity contribution in [2.24, 2.45) is 5.92 Å². The van der Waals surface area contributed by atoms with E-state index in [2.05, 4.69) is 44.1 Å². The molecule has 2 unspecified atom stereocenters. The van der Waals surface area contributed by atoms with Crippen molar-refractivity contribution >= 4 is 37.8 Å². The summed E-state index contributed by atoms with van der Waals surface area (Å²) in [5, 5.41) is 3.16. The van der Waals surface area contributed by atoms with Gasteiger partial charge in [-0.1, -0.05) is 35.7 Å². The van der Waals surface area contributed by atoms with Crippen LogP contribution in [0, 0.1) is 5.92 Å². The van der Waals surface area contributed by atoms with Gasteiger partial charge in [-0.15, -0.1) is 0 Å². The van der Waals surface area contributed by atoms with E-state index >= 15 is 0 Å². The van der Waals surface area contributed by atoms with Crippen LogP contribution in [-0.4, -0.2) is 11.9 Å². The van der Waals surface area contributed by atoms with Gasteiger partial charge in [-0.05, 0) is 52.9 Å². The monoisotopic (exact) mass is 373 g/mol. The fourth-order valence-corrected chi connectivity index (χ4v) is 3.24. The number of rotatable bonds is 2. The molecule has 1 aromatic carbocycles. The first kappa shape index (κ1) is 14.1. The third-order valence-corrected chi connectivity index (χ3v) is 4.79. The van der Waals surface area contributed by atoms with Crippen LogP contribution in [0.1, 0.15) is 43.0 Å². The van der Waals surface area contributed by atoms with Gasteiger partial charge in [0.1, 0.15) is 0 Å². The second-order valence-corrected chi connectivity index (χ2v) is 6.74. The molecule has 1 aliphatic rings. The van der Waals surface area contributed by atoms with Gasteiger partial charge >= 0.3 is 0 Å². The number of hydrogen-bond acceptors (Lipinski definition) is 1. The standard InChI is InChI=1S/C14H17Br2NO/c1-9-4-2-3-5-13(9)17-14(18)11-8-10(15)6-7-12(11)16/h6-9,13H,2-5H2,1H3,(H,17,18). The largest absolute Gasteiger partial charge is 0.349 e. The van der Waals surface area contributed by atoms with E-state index in [4.69, 9.17) is 0 Å². The van der Waals surface area contributed by atoms with E-state index in [0.29, 0.717) is 17.5 Å². The van der Waals surface area contributed by atoms with E-state index in [1.807, 2.05) is 18.2 Å². The van der Waals surface area contributed by atoms with E-state index in [1.165, 1.54) is 19.3 Å². The van der Waals surface area contributed by atoms with E-state index in [1.54, 1.807) is 0 Å². The Labute approximate surface area is 125 Å². The molecule has 0 radical (unpaired) electrons. The lowest BCUT2D eigenvalue weighted by atomic mass is 9.86. The summed E-state index contributed by atoms with van der Waals surface area (Å²) in [6.45, 7) is 2.22. The Morgan fingerprint density at radius 3 is 2.72 bits per heavy atom. The minimum Gasteiger partial charge on any atom is -0.349 e.